The van der Waals surface area contributed by atoms with E-state index in [9.17, 15) is 27.6 Å². The number of rotatable bonds is 7. The zero-order valence-corrected chi connectivity index (χ0v) is 17.0. The number of carbonyl (C=O) groups is 3. The summed E-state index contributed by atoms with van der Waals surface area (Å²) in [5.74, 6) is -3.69. The molecule has 0 fully saturated rings. The minimum atomic E-state index is -5.15. The molecule has 7 nitrogen and oxygen atoms in total. The van der Waals surface area contributed by atoms with E-state index < -0.39 is 24.0 Å². The number of halogens is 3. The number of methoxy groups -OCH3 is 1. The van der Waals surface area contributed by atoms with Gasteiger partial charge in [-0.1, -0.05) is 11.6 Å². The molecule has 1 N–H and O–H groups in total. The first-order valence-electron chi connectivity index (χ1n) is 9.01. The van der Waals surface area contributed by atoms with Crippen molar-refractivity contribution in [2.45, 2.75) is 45.9 Å². The Balaban J connectivity index is 2.67. The van der Waals surface area contributed by atoms with Crippen LogP contribution < -0.4 is 9.64 Å². The van der Waals surface area contributed by atoms with Gasteiger partial charge in [0.15, 0.2) is 0 Å². The predicted molar refractivity (Wildman–Crippen MR) is 101 cm³/mol. The van der Waals surface area contributed by atoms with Gasteiger partial charge in [0, 0.05) is 24.6 Å². The van der Waals surface area contributed by atoms with E-state index in [2.05, 4.69) is 0 Å². The van der Waals surface area contributed by atoms with Crippen molar-refractivity contribution >= 4 is 23.5 Å². The van der Waals surface area contributed by atoms with E-state index >= 15 is 0 Å². The lowest BCUT2D eigenvalue weighted by molar-refractivity contribution is -0.170. The summed E-state index contributed by atoms with van der Waals surface area (Å²) in [7, 11) is 2.28. The van der Waals surface area contributed by atoms with Crippen LogP contribution in [0.1, 0.15) is 46.8 Å². The van der Waals surface area contributed by atoms with Crippen LogP contribution in [0.2, 0.25) is 0 Å². The highest BCUT2D eigenvalue weighted by atomic mass is 19.4. The number of fused-ring (bicyclic) bond motifs is 1. The van der Waals surface area contributed by atoms with Gasteiger partial charge in [-0.2, -0.15) is 13.2 Å². The maximum Gasteiger partial charge on any atom is 0.471 e. The Morgan fingerprint density at radius 2 is 1.93 bits per heavy atom. The Labute approximate surface area is 171 Å². The molecule has 0 unspecified atom stereocenters. The van der Waals surface area contributed by atoms with Crippen LogP contribution in [0.5, 0.6) is 5.75 Å². The molecule has 0 bridgehead atoms. The first kappa shape index (κ1) is 23.2. The average molecular weight is 429 g/mol. The number of carboxylic acid groups (broad SMARTS) is 1. The summed E-state index contributed by atoms with van der Waals surface area (Å²) in [6, 6.07) is 0. The molecule has 0 saturated heterocycles. The van der Waals surface area contributed by atoms with Gasteiger partial charge >= 0.3 is 24.0 Å². The van der Waals surface area contributed by atoms with Crippen LogP contribution >= 0.6 is 0 Å². The lowest BCUT2D eigenvalue weighted by Gasteiger charge is -2.26. The summed E-state index contributed by atoms with van der Waals surface area (Å²) in [6.45, 7) is 3.21. The number of cyclic esters (lactones) is 1. The van der Waals surface area contributed by atoms with Crippen LogP contribution in [0, 0.1) is 6.92 Å². The molecule has 164 valence electrons. The van der Waals surface area contributed by atoms with Gasteiger partial charge in [0.05, 0.1) is 18.4 Å². The summed E-state index contributed by atoms with van der Waals surface area (Å²) >= 11 is 0. The van der Waals surface area contributed by atoms with E-state index in [1.54, 1.807) is 19.9 Å². The van der Waals surface area contributed by atoms with Crippen LogP contribution in [-0.4, -0.2) is 43.3 Å². The lowest BCUT2D eigenvalue weighted by Crippen LogP contribution is -2.39. The van der Waals surface area contributed by atoms with Crippen molar-refractivity contribution in [2.24, 2.45) is 0 Å². The number of allylic oxidation sites excluding steroid dienone is 2. The molecule has 1 amide bonds. The molecule has 1 aromatic rings. The lowest BCUT2D eigenvalue weighted by atomic mass is 9.92. The van der Waals surface area contributed by atoms with Gasteiger partial charge in [-0.15, -0.1) is 0 Å². The molecule has 0 atom stereocenters. The number of amides is 1. The van der Waals surface area contributed by atoms with Crippen LogP contribution in [0.15, 0.2) is 11.6 Å². The second-order valence-electron chi connectivity index (χ2n) is 6.93. The SMILES string of the molecule is COc1c(C)c2c(c(N(C)C(=O)C(F)(F)F)c1CC=C(C)CCC(=O)O)C(=O)OC2. The van der Waals surface area contributed by atoms with Crippen molar-refractivity contribution in [3.63, 3.8) is 0 Å². The molecule has 30 heavy (non-hydrogen) atoms. The number of ether oxygens (including phenoxy) is 2. The minimum Gasteiger partial charge on any atom is -0.496 e. The molecule has 10 heteroatoms. The monoisotopic (exact) mass is 429 g/mol. The van der Waals surface area contributed by atoms with Crippen LogP contribution in [-0.2, 0) is 27.4 Å². The van der Waals surface area contributed by atoms with Crippen LogP contribution in [0.25, 0.3) is 0 Å². The summed E-state index contributed by atoms with van der Waals surface area (Å²) < 4.78 is 49.8. The van der Waals surface area contributed by atoms with Gasteiger partial charge in [0.2, 0.25) is 0 Å². The highest BCUT2D eigenvalue weighted by Crippen LogP contribution is 2.43. The number of hydrogen-bond acceptors (Lipinski definition) is 5. The fourth-order valence-corrected chi connectivity index (χ4v) is 3.37. The van der Waals surface area contributed by atoms with E-state index in [0.29, 0.717) is 21.6 Å². The van der Waals surface area contributed by atoms with Crippen molar-refractivity contribution < 1.29 is 42.1 Å². The van der Waals surface area contributed by atoms with Crippen LogP contribution in [0.3, 0.4) is 0 Å². The van der Waals surface area contributed by atoms with Crippen molar-refractivity contribution in [2.75, 3.05) is 19.1 Å². The Kier molecular flexibility index (Phi) is 6.79. The molecule has 1 aromatic carbocycles. The first-order valence-corrected chi connectivity index (χ1v) is 9.01. The van der Waals surface area contributed by atoms with Crippen molar-refractivity contribution in [1.82, 2.24) is 0 Å². The van der Waals surface area contributed by atoms with E-state index in [1.165, 1.54) is 7.11 Å². The maximum atomic E-state index is 13.1. The topological polar surface area (TPSA) is 93.1 Å². The van der Waals surface area contributed by atoms with Crippen molar-refractivity contribution in [3.8, 4) is 5.75 Å². The number of hydrogen-bond donors (Lipinski definition) is 1. The van der Waals surface area contributed by atoms with Gasteiger partial charge in [-0.25, -0.2) is 4.79 Å². The molecule has 1 heterocycles. The Bertz CT molecular complexity index is 920. The predicted octanol–water partition coefficient (Wildman–Crippen LogP) is 3.55. The Morgan fingerprint density at radius 1 is 1.30 bits per heavy atom. The third-order valence-corrected chi connectivity index (χ3v) is 4.92. The summed E-state index contributed by atoms with van der Waals surface area (Å²) in [5.41, 5.74) is 1.48. The molecule has 1 aliphatic heterocycles. The minimum absolute atomic E-state index is 0.0286. The number of esters is 1. The quantitative estimate of drug-likeness (QED) is 0.526. The fourth-order valence-electron chi connectivity index (χ4n) is 3.37. The normalized spacial score (nSPS) is 13.7. The zero-order valence-electron chi connectivity index (χ0n) is 17.0. The highest BCUT2D eigenvalue weighted by molar-refractivity contribution is 6.07. The molecule has 2 rings (SSSR count). The number of nitrogens with zero attached hydrogens (tertiary/aromatic N) is 1. The zero-order chi connectivity index (χ0) is 22.8. The fraction of sp³-hybridized carbons (Fsp3) is 0.450. The van der Waals surface area contributed by atoms with Crippen molar-refractivity contribution in [3.05, 3.63) is 33.9 Å². The second-order valence-corrected chi connectivity index (χ2v) is 6.93. The second kappa shape index (κ2) is 8.76. The number of carboxylic acids is 1. The number of anilines is 1. The van der Waals surface area contributed by atoms with Crippen LogP contribution in [0.4, 0.5) is 18.9 Å². The Morgan fingerprint density at radius 3 is 2.47 bits per heavy atom. The molecule has 0 aliphatic carbocycles. The van der Waals surface area contributed by atoms with E-state index in [1.807, 2.05) is 0 Å². The van der Waals surface area contributed by atoms with E-state index in [4.69, 9.17) is 14.6 Å². The van der Waals surface area contributed by atoms with Gasteiger partial charge < -0.3 is 19.5 Å². The summed E-state index contributed by atoms with van der Waals surface area (Å²) in [5, 5.41) is 8.81. The third kappa shape index (κ3) is 4.58. The number of aliphatic carboxylic acids is 1. The third-order valence-electron chi connectivity index (χ3n) is 4.92. The summed E-state index contributed by atoms with van der Waals surface area (Å²) in [4.78, 5) is 35.4. The molecule has 0 spiro atoms. The number of benzene rings is 1. The van der Waals surface area contributed by atoms with Gasteiger partial charge in [0.1, 0.15) is 12.4 Å². The molecule has 0 saturated carbocycles. The van der Waals surface area contributed by atoms with E-state index in [-0.39, 0.29) is 48.4 Å². The molecule has 0 radical (unpaired) electrons. The van der Waals surface area contributed by atoms with E-state index in [0.717, 1.165) is 7.05 Å². The smallest absolute Gasteiger partial charge is 0.471 e. The van der Waals surface area contributed by atoms with Gasteiger partial charge in [-0.3, -0.25) is 9.59 Å². The first-order chi connectivity index (χ1) is 13.9. The molecular formula is C20H22F3NO6. The Hall–Kier alpha value is -3.04. The van der Waals surface area contributed by atoms with Gasteiger partial charge in [0.25, 0.3) is 0 Å². The largest absolute Gasteiger partial charge is 0.496 e. The van der Waals surface area contributed by atoms with Crippen molar-refractivity contribution in [1.29, 1.82) is 0 Å². The standard InChI is InChI=1S/C20H22F3NO6/c1-10(6-8-14(25)26)5-7-12-16(24(3)19(28)20(21,22)23)15-13(9-30-18(15)27)11(2)17(12)29-4/h5H,6-9H2,1-4H3,(H,25,26). The molecule has 1 aliphatic rings. The molecular weight excluding hydrogens is 407 g/mol. The number of carbonyl (C=O) groups excluding carboxylic acids is 2. The highest BCUT2D eigenvalue weighted by Gasteiger charge is 2.44. The van der Waals surface area contributed by atoms with Gasteiger partial charge in [-0.05, 0) is 32.3 Å². The summed E-state index contributed by atoms with van der Waals surface area (Å²) in [6.07, 6.45) is -3.33. The average Bonchev–Trinajstić information content (AvgIpc) is 3.04. The molecule has 0 aromatic heterocycles. The maximum absolute atomic E-state index is 13.1. The number of alkyl halides is 3.